The van der Waals surface area contributed by atoms with E-state index in [0.29, 0.717) is 10.0 Å². The van der Waals surface area contributed by atoms with Crippen LogP contribution in [0.2, 0.25) is 0 Å². The minimum absolute atomic E-state index is 0.212. The monoisotopic (exact) mass is 247 g/mol. The summed E-state index contributed by atoms with van der Waals surface area (Å²) in [5.74, 6) is -0.268. The molecule has 0 aromatic heterocycles. The number of primary amides is 1. The van der Waals surface area contributed by atoms with Crippen LogP contribution in [0.5, 0.6) is 0 Å². The Morgan fingerprint density at radius 2 is 2.22 bits per heavy atom. The summed E-state index contributed by atoms with van der Waals surface area (Å²) in [7, 11) is 0. The Morgan fingerprint density at radius 1 is 1.50 bits per heavy atom. The molecule has 1 aliphatic rings. The maximum atomic E-state index is 11.7. The van der Waals surface area contributed by atoms with Gasteiger partial charge in [0.1, 0.15) is 5.69 Å². The molecule has 1 aliphatic heterocycles. The molecular weight excluding hydrogens is 228 g/mol. The number of benzene rings is 1. The lowest BCUT2D eigenvalue weighted by molar-refractivity contribution is -0.121. The van der Waals surface area contributed by atoms with Crippen LogP contribution in [0.1, 0.15) is 30.1 Å². The van der Waals surface area contributed by atoms with E-state index in [1.807, 2.05) is 25.1 Å². The first-order valence-corrected chi connectivity index (χ1v) is 6.36. The maximum absolute atomic E-state index is 11.7. The third-order valence-electron chi connectivity index (χ3n) is 4.07. The highest BCUT2D eigenvalue weighted by atomic mass is 16.1. The molecule has 0 radical (unpaired) electrons. The third kappa shape index (κ3) is 1.82. The largest absolute Gasteiger partial charge is 0.364 e. The van der Waals surface area contributed by atoms with Gasteiger partial charge in [0, 0.05) is 12.8 Å². The lowest BCUT2D eigenvalue weighted by Gasteiger charge is -2.38. The van der Waals surface area contributed by atoms with Gasteiger partial charge in [-0.25, -0.2) is 0 Å². The van der Waals surface area contributed by atoms with Gasteiger partial charge in [0.05, 0.1) is 18.7 Å². The van der Waals surface area contributed by atoms with Crippen molar-refractivity contribution >= 4 is 17.9 Å². The summed E-state index contributed by atoms with van der Waals surface area (Å²) >= 11 is 0. The van der Waals surface area contributed by atoms with Crippen LogP contribution in [0, 0.1) is 0 Å². The van der Waals surface area contributed by atoms with Crippen LogP contribution in [0.3, 0.4) is 0 Å². The summed E-state index contributed by atoms with van der Waals surface area (Å²) in [6.45, 7) is 3.69. The summed E-state index contributed by atoms with van der Waals surface area (Å²) in [5.41, 5.74) is 7.12. The summed E-state index contributed by atoms with van der Waals surface area (Å²) in [5, 5.41) is 0. The number of rotatable bonds is 4. The highest BCUT2D eigenvalue weighted by molar-refractivity contribution is 5.87. The Labute approximate surface area is 107 Å². The SMILES string of the molecule is CC[N+]1(c2ccccc2C=O)CCC[C@H]1C(N)=O. The van der Waals surface area contributed by atoms with Crippen molar-refractivity contribution in [2.45, 2.75) is 25.8 Å². The average molecular weight is 247 g/mol. The number of likely N-dealkylation sites (N-methyl/N-ethyl adjacent to an activating group) is 1. The average Bonchev–Trinajstić information content (AvgIpc) is 2.83. The first kappa shape index (κ1) is 12.8. The molecule has 0 saturated carbocycles. The predicted octanol–water partition coefficient (Wildman–Crippen LogP) is 1.47. The van der Waals surface area contributed by atoms with Crippen molar-refractivity contribution in [2.75, 3.05) is 13.1 Å². The molecule has 1 aromatic rings. The van der Waals surface area contributed by atoms with E-state index in [-0.39, 0.29) is 11.9 Å². The first-order valence-electron chi connectivity index (χ1n) is 6.36. The Bertz CT molecular complexity index is 473. The van der Waals surface area contributed by atoms with Crippen LogP contribution in [0.25, 0.3) is 0 Å². The Kier molecular flexibility index (Phi) is 3.48. The minimum Gasteiger partial charge on any atom is -0.364 e. The van der Waals surface area contributed by atoms with Crippen molar-refractivity contribution in [3.8, 4) is 0 Å². The van der Waals surface area contributed by atoms with E-state index in [1.54, 1.807) is 6.07 Å². The van der Waals surface area contributed by atoms with Gasteiger partial charge < -0.3 is 5.73 Å². The van der Waals surface area contributed by atoms with Gasteiger partial charge in [-0.15, -0.1) is 0 Å². The molecule has 4 nitrogen and oxygen atoms in total. The molecule has 2 N–H and O–H groups in total. The minimum atomic E-state index is -0.268. The Balaban J connectivity index is 2.55. The van der Waals surface area contributed by atoms with E-state index in [9.17, 15) is 9.59 Å². The molecule has 1 amide bonds. The number of quaternary nitrogens is 1. The van der Waals surface area contributed by atoms with E-state index < -0.39 is 0 Å². The number of nitrogens with two attached hydrogens (primary N) is 1. The highest BCUT2D eigenvalue weighted by Gasteiger charge is 2.46. The van der Waals surface area contributed by atoms with E-state index in [4.69, 9.17) is 5.73 Å². The van der Waals surface area contributed by atoms with Crippen molar-refractivity contribution in [1.29, 1.82) is 0 Å². The van der Waals surface area contributed by atoms with Crippen molar-refractivity contribution in [1.82, 2.24) is 4.48 Å². The normalized spacial score (nSPS) is 27.1. The van der Waals surface area contributed by atoms with Crippen LogP contribution >= 0.6 is 0 Å². The zero-order valence-corrected chi connectivity index (χ0v) is 10.6. The second kappa shape index (κ2) is 4.90. The lowest BCUT2D eigenvalue weighted by atomic mass is 10.1. The predicted molar refractivity (Wildman–Crippen MR) is 71.2 cm³/mol. The zero-order chi connectivity index (χ0) is 13.2. The number of aldehydes is 1. The molecule has 1 aromatic carbocycles. The summed E-state index contributed by atoms with van der Waals surface area (Å²) < 4.78 is 0.518. The molecule has 1 heterocycles. The molecule has 0 aliphatic carbocycles. The van der Waals surface area contributed by atoms with E-state index in [0.717, 1.165) is 37.9 Å². The van der Waals surface area contributed by atoms with Gasteiger partial charge in [-0.3, -0.25) is 14.1 Å². The standard InChI is InChI=1S/C14H18N2O2/c1-2-16(9-5-8-13(16)14(15)18)12-7-4-3-6-11(12)10-17/h3-4,6-7,10,13H,2,5,8-9H2,1H3,(H-,15,18)/p+1/t13-,16?/m0/s1. The zero-order valence-electron chi connectivity index (χ0n) is 10.6. The maximum Gasteiger partial charge on any atom is 0.276 e. The van der Waals surface area contributed by atoms with Gasteiger partial charge in [0.25, 0.3) is 5.91 Å². The molecule has 96 valence electrons. The number of hydrogen-bond donors (Lipinski definition) is 1. The fraction of sp³-hybridized carbons (Fsp3) is 0.429. The number of likely N-dealkylation sites (tertiary alicyclic amines) is 1. The highest BCUT2D eigenvalue weighted by Crippen LogP contribution is 2.36. The van der Waals surface area contributed by atoms with Crippen molar-refractivity contribution in [3.63, 3.8) is 0 Å². The molecule has 2 atom stereocenters. The van der Waals surface area contributed by atoms with Crippen LogP contribution in [-0.4, -0.2) is 31.3 Å². The number of carbonyl (C=O) groups is 2. The van der Waals surface area contributed by atoms with Crippen LogP contribution in [-0.2, 0) is 4.79 Å². The quantitative estimate of drug-likeness (QED) is 0.647. The van der Waals surface area contributed by atoms with Gasteiger partial charge in [0.15, 0.2) is 12.3 Å². The number of nitrogens with zero attached hydrogens (tertiary/aromatic N) is 1. The van der Waals surface area contributed by atoms with Crippen molar-refractivity contribution in [2.24, 2.45) is 5.73 Å². The van der Waals surface area contributed by atoms with Crippen LogP contribution < -0.4 is 10.2 Å². The number of hydrogen-bond acceptors (Lipinski definition) is 2. The molecule has 1 unspecified atom stereocenters. The van der Waals surface area contributed by atoms with Gasteiger partial charge in [0.2, 0.25) is 0 Å². The molecule has 1 fully saturated rings. The topological polar surface area (TPSA) is 60.2 Å². The summed E-state index contributed by atoms with van der Waals surface area (Å²) in [6, 6.07) is 7.28. The first-order chi connectivity index (χ1) is 8.65. The molecule has 0 bridgehead atoms. The smallest absolute Gasteiger partial charge is 0.276 e. The Hall–Kier alpha value is -1.68. The van der Waals surface area contributed by atoms with Gasteiger partial charge in [-0.2, -0.15) is 0 Å². The van der Waals surface area contributed by atoms with Crippen LogP contribution in [0.4, 0.5) is 5.69 Å². The molecule has 4 heteroatoms. The lowest BCUT2D eigenvalue weighted by Crippen LogP contribution is -2.58. The van der Waals surface area contributed by atoms with Crippen molar-refractivity contribution in [3.05, 3.63) is 29.8 Å². The fourth-order valence-electron chi connectivity index (χ4n) is 3.19. The van der Waals surface area contributed by atoms with Crippen LogP contribution in [0.15, 0.2) is 24.3 Å². The second-order valence-corrected chi connectivity index (χ2v) is 4.81. The number of carbonyl (C=O) groups excluding carboxylic acids is 2. The Morgan fingerprint density at radius 3 is 2.83 bits per heavy atom. The molecule has 1 saturated heterocycles. The number of para-hydroxylation sites is 1. The van der Waals surface area contributed by atoms with E-state index >= 15 is 0 Å². The summed E-state index contributed by atoms with van der Waals surface area (Å²) in [6.07, 6.45) is 2.63. The van der Waals surface area contributed by atoms with Gasteiger partial charge in [-0.05, 0) is 19.1 Å². The van der Waals surface area contributed by atoms with Gasteiger partial charge in [-0.1, -0.05) is 12.1 Å². The molecule has 0 spiro atoms. The summed E-state index contributed by atoms with van der Waals surface area (Å²) in [4.78, 5) is 22.9. The third-order valence-corrected chi connectivity index (χ3v) is 4.07. The number of amides is 1. The fourth-order valence-corrected chi connectivity index (χ4v) is 3.19. The van der Waals surface area contributed by atoms with Gasteiger partial charge >= 0.3 is 0 Å². The molecular formula is C14H19N2O2+. The van der Waals surface area contributed by atoms with Crippen molar-refractivity contribution < 1.29 is 9.59 Å². The van der Waals surface area contributed by atoms with E-state index in [2.05, 4.69) is 0 Å². The molecule has 18 heavy (non-hydrogen) atoms. The molecule has 2 rings (SSSR count). The van der Waals surface area contributed by atoms with E-state index in [1.165, 1.54) is 0 Å². The second-order valence-electron chi connectivity index (χ2n) is 4.81.